The van der Waals surface area contributed by atoms with Crippen molar-refractivity contribution in [3.63, 3.8) is 0 Å². The van der Waals surface area contributed by atoms with Gasteiger partial charge in [0.2, 0.25) is 0 Å². The molecular weight excluding hydrogens is 199 g/mol. The van der Waals surface area contributed by atoms with Crippen molar-refractivity contribution in [3.05, 3.63) is 29.7 Å². The Morgan fingerprint density at radius 1 is 1.46 bits per heavy atom. The zero-order chi connectivity index (χ0) is 8.84. The van der Waals surface area contributed by atoms with E-state index in [0.29, 0.717) is 0 Å². The maximum absolute atomic E-state index is 4.38. The predicted molar refractivity (Wildman–Crippen MR) is 57.8 cm³/mol. The molecule has 0 saturated heterocycles. The first-order valence-electron chi connectivity index (χ1n) is 4.04. The van der Waals surface area contributed by atoms with E-state index < -0.39 is 0 Å². The smallest absolute Gasteiger partial charge is 0.199 e. The fourth-order valence-electron chi connectivity index (χ4n) is 1.57. The monoisotopic (exact) mass is 206 g/mol. The molecule has 0 unspecified atom stereocenters. The molecule has 2 nitrogen and oxygen atoms in total. The summed E-state index contributed by atoms with van der Waals surface area (Å²) in [4.78, 5) is 1.12. The van der Waals surface area contributed by atoms with Crippen molar-refractivity contribution < 1.29 is 0 Å². The lowest BCUT2D eigenvalue weighted by Gasteiger charge is -1.94. The fraction of sp³-hybridized carbons (Fsp3) is 0.111. The van der Waals surface area contributed by atoms with Crippen molar-refractivity contribution in [2.24, 2.45) is 0 Å². The van der Waals surface area contributed by atoms with Gasteiger partial charge in [-0.25, -0.2) is 0 Å². The number of benzene rings is 1. The van der Waals surface area contributed by atoms with Crippen molar-refractivity contribution in [3.8, 4) is 0 Å². The number of aryl methyl sites for hydroxylation is 1. The highest BCUT2D eigenvalue weighted by atomic mass is 32.1. The largest absolute Gasteiger partial charge is 0.285 e. The Morgan fingerprint density at radius 2 is 2.38 bits per heavy atom. The number of hydrogen-bond acceptors (Lipinski definition) is 2. The first-order valence-corrected chi connectivity index (χ1v) is 5.77. The van der Waals surface area contributed by atoms with Crippen molar-refractivity contribution >= 4 is 34.9 Å². The highest BCUT2D eigenvalue weighted by molar-refractivity contribution is 7.28. The summed E-state index contributed by atoms with van der Waals surface area (Å²) in [7, 11) is 1.06. The van der Waals surface area contributed by atoms with Crippen molar-refractivity contribution in [1.29, 1.82) is 0 Å². The number of thiazole rings is 1. The molecule has 0 N–H and O–H groups in total. The third-order valence-corrected chi connectivity index (χ3v) is 3.95. The second-order valence-electron chi connectivity index (χ2n) is 3.01. The molecule has 0 spiro atoms. The average molecular weight is 206 g/mol. The van der Waals surface area contributed by atoms with Crippen LogP contribution in [0.1, 0.15) is 5.56 Å². The van der Waals surface area contributed by atoms with Crippen molar-refractivity contribution in [2.75, 3.05) is 0 Å². The van der Waals surface area contributed by atoms with Crippen molar-refractivity contribution in [1.82, 2.24) is 9.15 Å². The molecule has 0 aliphatic carbocycles. The Labute approximate surface area is 81.0 Å². The SMILES string of the molecule is Cc1cccc2sc3npcn3c12. The molecule has 3 aromatic rings. The number of fused-ring (bicyclic) bond motifs is 3. The maximum Gasteiger partial charge on any atom is 0.199 e. The van der Waals surface area contributed by atoms with E-state index in [4.69, 9.17) is 0 Å². The van der Waals surface area contributed by atoms with Gasteiger partial charge >= 0.3 is 0 Å². The van der Waals surface area contributed by atoms with E-state index in [-0.39, 0.29) is 0 Å². The van der Waals surface area contributed by atoms with Gasteiger partial charge in [0.05, 0.1) is 24.5 Å². The Hall–Kier alpha value is -0.920. The third kappa shape index (κ3) is 0.946. The maximum atomic E-state index is 4.38. The van der Waals surface area contributed by atoms with Crippen LogP contribution in [0.15, 0.2) is 24.1 Å². The molecular formula is C9H7N2PS. The van der Waals surface area contributed by atoms with Crippen LogP contribution in [-0.2, 0) is 0 Å². The van der Waals surface area contributed by atoms with Gasteiger partial charge in [-0.2, -0.15) is 4.75 Å². The molecule has 64 valence electrons. The molecule has 0 aliphatic heterocycles. The number of rotatable bonds is 0. The molecule has 2 aromatic heterocycles. The minimum atomic E-state index is 1.06. The van der Waals surface area contributed by atoms with Gasteiger partial charge in [0.15, 0.2) is 4.96 Å². The third-order valence-electron chi connectivity index (χ3n) is 2.16. The molecule has 0 bridgehead atoms. The van der Waals surface area contributed by atoms with Crippen LogP contribution in [0.2, 0.25) is 0 Å². The topological polar surface area (TPSA) is 17.3 Å². The van der Waals surface area contributed by atoms with Crippen molar-refractivity contribution in [2.45, 2.75) is 6.92 Å². The van der Waals surface area contributed by atoms with Crippen LogP contribution in [0, 0.1) is 6.92 Å². The minimum absolute atomic E-state index is 1.06. The van der Waals surface area contributed by atoms with Gasteiger partial charge in [0.25, 0.3) is 0 Å². The van der Waals surface area contributed by atoms with Crippen LogP contribution >= 0.6 is 19.7 Å². The normalized spacial score (nSPS) is 12.1. The van der Waals surface area contributed by atoms with Gasteiger partial charge in [-0.05, 0) is 18.6 Å². The molecule has 2 heterocycles. The molecule has 1 aromatic carbocycles. The molecule has 4 heteroatoms. The van der Waals surface area contributed by atoms with Crippen LogP contribution in [0.4, 0.5) is 0 Å². The van der Waals surface area contributed by atoms with Gasteiger partial charge in [-0.1, -0.05) is 23.5 Å². The Morgan fingerprint density at radius 3 is 3.31 bits per heavy atom. The lowest BCUT2D eigenvalue weighted by atomic mass is 10.2. The number of para-hydroxylation sites is 1. The quantitative estimate of drug-likeness (QED) is 0.550. The molecule has 3 rings (SSSR count). The van der Waals surface area contributed by atoms with E-state index in [2.05, 4.69) is 40.2 Å². The van der Waals surface area contributed by atoms with Crippen LogP contribution in [0.5, 0.6) is 0 Å². The summed E-state index contributed by atoms with van der Waals surface area (Å²) >= 11 is 1.76. The van der Waals surface area contributed by atoms with Gasteiger partial charge in [0, 0.05) is 0 Å². The number of aromatic nitrogens is 2. The van der Waals surface area contributed by atoms with E-state index in [0.717, 1.165) is 13.3 Å². The number of hydrogen-bond donors (Lipinski definition) is 0. The Kier molecular flexibility index (Phi) is 1.46. The summed E-state index contributed by atoms with van der Waals surface area (Å²) in [6.07, 6.45) is 0. The second-order valence-corrected chi connectivity index (χ2v) is 4.68. The predicted octanol–water partition coefficient (Wildman–Crippen LogP) is 3.44. The molecule has 0 amide bonds. The standard InChI is InChI=1S/C9H7N2PS/c1-6-3-2-4-7-8(6)11-5-12-10-9(11)13-7/h2-5H,1H3. The van der Waals surface area contributed by atoms with E-state index >= 15 is 0 Å². The zero-order valence-electron chi connectivity index (χ0n) is 7.06. The highest BCUT2D eigenvalue weighted by Gasteiger charge is 2.06. The van der Waals surface area contributed by atoms with E-state index in [9.17, 15) is 0 Å². The lowest BCUT2D eigenvalue weighted by molar-refractivity contribution is 1.28. The fourth-order valence-corrected chi connectivity index (χ4v) is 3.47. The molecule has 0 saturated carbocycles. The summed E-state index contributed by atoms with van der Waals surface area (Å²) in [5.74, 6) is 2.11. The first kappa shape index (κ1) is 7.48. The summed E-state index contributed by atoms with van der Waals surface area (Å²) in [5, 5.41) is 0. The van der Waals surface area contributed by atoms with Gasteiger partial charge in [-0.15, -0.1) is 0 Å². The summed E-state index contributed by atoms with van der Waals surface area (Å²) < 4.78 is 7.89. The highest BCUT2D eigenvalue weighted by Crippen LogP contribution is 2.29. The van der Waals surface area contributed by atoms with E-state index in [1.54, 1.807) is 11.3 Å². The van der Waals surface area contributed by atoms with Gasteiger partial charge in [0.1, 0.15) is 0 Å². The lowest BCUT2D eigenvalue weighted by Crippen LogP contribution is -1.80. The molecule has 0 aliphatic rings. The molecule has 0 fully saturated rings. The zero-order valence-corrected chi connectivity index (χ0v) is 8.77. The molecule has 0 atom stereocenters. The first-order chi connectivity index (χ1) is 6.36. The van der Waals surface area contributed by atoms with Crippen LogP contribution in [-0.4, -0.2) is 9.15 Å². The minimum Gasteiger partial charge on any atom is -0.285 e. The van der Waals surface area contributed by atoms with Gasteiger partial charge < -0.3 is 0 Å². The van der Waals surface area contributed by atoms with Crippen LogP contribution in [0.25, 0.3) is 15.2 Å². The molecule has 13 heavy (non-hydrogen) atoms. The van der Waals surface area contributed by atoms with Crippen LogP contribution < -0.4 is 0 Å². The van der Waals surface area contributed by atoms with Crippen LogP contribution in [0.3, 0.4) is 0 Å². The van der Waals surface area contributed by atoms with E-state index in [1.165, 1.54) is 15.8 Å². The number of nitrogens with zero attached hydrogens (tertiary/aromatic N) is 2. The summed E-state index contributed by atoms with van der Waals surface area (Å²) in [6, 6.07) is 6.39. The van der Waals surface area contributed by atoms with E-state index in [1.807, 2.05) is 0 Å². The Balaban J connectivity index is 2.68. The summed E-state index contributed by atoms with van der Waals surface area (Å²) in [5.41, 5.74) is 2.64. The average Bonchev–Trinajstić information content (AvgIpc) is 2.62. The Bertz CT molecular complexity index is 581. The molecule has 0 radical (unpaired) electrons. The summed E-state index contributed by atoms with van der Waals surface area (Å²) in [6.45, 7) is 2.14. The second kappa shape index (κ2) is 2.53. The van der Waals surface area contributed by atoms with Gasteiger partial charge in [-0.3, -0.25) is 4.40 Å².